The van der Waals surface area contributed by atoms with Gasteiger partial charge in [0.2, 0.25) is 6.41 Å². The molecule has 0 spiro atoms. The highest BCUT2D eigenvalue weighted by Crippen LogP contribution is 2.38. The summed E-state index contributed by atoms with van der Waals surface area (Å²) in [5.41, 5.74) is 5.81. The first kappa shape index (κ1) is 26.6. The van der Waals surface area contributed by atoms with E-state index in [1.807, 2.05) is 0 Å². The van der Waals surface area contributed by atoms with Crippen LogP contribution >= 0.6 is 11.6 Å². The van der Waals surface area contributed by atoms with E-state index in [-0.39, 0.29) is 45.2 Å². The van der Waals surface area contributed by atoms with Gasteiger partial charge in [-0.2, -0.15) is 0 Å². The lowest BCUT2D eigenvalue weighted by molar-refractivity contribution is -0.119. The quantitative estimate of drug-likeness (QED) is 0.159. The summed E-state index contributed by atoms with van der Waals surface area (Å²) in [7, 11) is 1.41. The summed E-state index contributed by atoms with van der Waals surface area (Å²) in [5.74, 6) is -3.22. The van der Waals surface area contributed by atoms with Gasteiger partial charge in [-0.25, -0.2) is 13.8 Å². The number of nitrogens with one attached hydrogen (secondary N) is 2. The third kappa shape index (κ3) is 5.89. The number of aromatic nitrogens is 1. The highest BCUT2D eigenvalue weighted by Gasteiger charge is 2.35. The summed E-state index contributed by atoms with van der Waals surface area (Å²) >= 11 is 6.04. The topological polar surface area (TPSA) is 127 Å². The number of ether oxygens (including phenoxy) is 1. The Labute approximate surface area is 221 Å². The van der Waals surface area contributed by atoms with Crippen molar-refractivity contribution in [2.45, 2.75) is 12.8 Å². The van der Waals surface area contributed by atoms with Gasteiger partial charge in [0, 0.05) is 48.4 Å². The highest BCUT2D eigenvalue weighted by atomic mass is 35.5. The summed E-state index contributed by atoms with van der Waals surface area (Å²) in [6.45, 7) is 0. The first-order valence-corrected chi connectivity index (χ1v) is 11.7. The van der Waals surface area contributed by atoms with E-state index >= 15 is 0 Å². The Hall–Kier alpha value is -4.51. The summed E-state index contributed by atoms with van der Waals surface area (Å²) < 4.78 is 33.7. The molecule has 1 heterocycles. The smallest absolute Gasteiger partial charge is 0.265 e. The molecule has 0 saturated heterocycles. The molecule has 1 saturated carbocycles. The molecule has 4 rings (SSSR count). The number of likely N-dealkylation sites (N-methyl/N-ethyl adjacent to an activating group) is 1. The Morgan fingerprint density at radius 2 is 1.84 bits per heavy atom. The lowest BCUT2D eigenvalue weighted by Gasteiger charge is -2.21. The lowest BCUT2D eigenvalue weighted by Crippen LogP contribution is -2.36. The maximum absolute atomic E-state index is 14.8. The number of carbonyl (C=O) groups is 3. The molecule has 3 aromatic rings. The Morgan fingerprint density at radius 1 is 1.13 bits per heavy atom. The van der Waals surface area contributed by atoms with Crippen molar-refractivity contribution in [1.82, 2.24) is 10.3 Å². The summed E-state index contributed by atoms with van der Waals surface area (Å²) in [5, 5.41) is 4.99. The SMILES string of the molecule is CN(C(=O)/C(C(=O)Nc1ccc(Oc2ccnc(N)c2Cl)c(F)c1)=C(\NC=O)C1CC1)c1ccc(F)cc1. The Balaban J connectivity index is 1.61. The van der Waals surface area contributed by atoms with Crippen LogP contribution in [0.4, 0.5) is 26.0 Å². The number of rotatable bonds is 9. The standard InChI is InChI=1S/C26H22ClF2N5O4/c1-34(17-7-4-15(28)5-8-17)26(37)21(23(32-13-35)14-2-3-14)25(36)33-16-6-9-19(18(29)12-16)38-20-10-11-31-24(30)22(20)27/h4-14H,2-3H2,1H3,(H2,30,31)(H,32,35)(H,33,36)/b23-21-. The second-order valence-corrected chi connectivity index (χ2v) is 8.75. The van der Waals surface area contributed by atoms with Gasteiger partial charge in [-0.3, -0.25) is 14.4 Å². The van der Waals surface area contributed by atoms with Gasteiger partial charge in [-0.1, -0.05) is 11.6 Å². The molecular weight excluding hydrogens is 520 g/mol. The number of halogens is 3. The van der Waals surface area contributed by atoms with E-state index in [9.17, 15) is 23.2 Å². The van der Waals surface area contributed by atoms with Gasteiger partial charge in [0.1, 0.15) is 22.2 Å². The van der Waals surface area contributed by atoms with E-state index < -0.39 is 23.4 Å². The summed E-state index contributed by atoms with van der Waals surface area (Å²) in [4.78, 5) is 43.0. The van der Waals surface area contributed by atoms with Crippen LogP contribution in [0.1, 0.15) is 12.8 Å². The van der Waals surface area contributed by atoms with E-state index in [0.29, 0.717) is 24.9 Å². The monoisotopic (exact) mass is 541 g/mol. The van der Waals surface area contributed by atoms with Crippen molar-refractivity contribution >= 4 is 47.0 Å². The number of benzene rings is 2. The van der Waals surface area contributed by atoms with Gasteiger partial charge in [0.05, 0.1) is 0 Å². The van der Waals surface area contributed by atoms with E-state index in [4.69, 9.17) is 22.1 Å². The molecule has 0 bridgehead atoms. The Bertz CT molecular complexity index is 1430. The van der Waals surface area contributed by atoms with Crippen LogP contribution in [0, 0.1) is 17.6 Å². The molecule has 0 unspecified atom stereocenters. The largest absolute Gasteiger partial charge is 0.453 e. The zero-order valence-corrected chi connectivity index (χ0v) is 20.8. The van der Waals surface area contributed by atoms with Crippen LogP contribution in [0.25, 0.3) is 0 Å². The van der Waals surface area contributed by atoms with E-state index in [0.717, 1.165) is 11.0 Å². The average molecular weight is 542 g/mol. The number of amides is 3. The fourth-order valence-electron chi connectivity index (χ4n) is 3.61. The lowest BCUT2D eigenvalue weighted by atomic mass is 10.1. The zero-order valence-electron chi connectivity index (χ0n) is 20.0. The van der Waals surface area contributed by atoms with E-state index in [2.05, 4.69) is 15.6 Å². The number of hydrogen-bond acceptors (Lipinski definition) is 6. The van der Waals surface area contributed by atoms with Gasteiger partial charge in [0.25, 0.3) is 11.8 Å². The first-order valence-electron chi connectivity index (χ1n) is 11.4. The normalized spacial score (nSPS) is 13.3. The van der Waals surface area contributed by atoms with Crippen LogP contribution in [0.5, 0.6) is 11.5 Å². The molecule has 1 aliphatic rings. The van der Waals surface area contributed by atoms with Crippen LogP contribution in [-0.4, -0.2) is 30.3 Å². The molecule has 196 valence electrons. The third-order valence-electron chi connectivity index (χ3n) is 5.72. The number of nitrogen functional groups attached to an aromatic ring is 1. The molecule has 4 N–H and O–H groups in total. The highest BCUT2D eigenvalue weighted by molar-refractivity contribution is 6.34. The third-order valence-corrected chi connectivity index (χ3v) is 6.10. The zero-order chi connectivity index (χ0) is 27.4. The van der Waals surface area contributed by atoms with Crippen molar-refractivity contribution < 1.29 is 27.9 Å². The Kier molecular flexibility index (Phi) is 7.87. The molecule has 1 aromatic heterocycles. The van der Waals surface area contributed by atoms with Gasteiger partial charge < -0.3 is 26.0 Å². The van der Waals surface area contributed by atoms with Gasteiger partial charge in [-0.15, -0.1) is 0 Å². The van der Waals surface area contributed by atoms with Crippen molar-refractivity contribution in [3.05, 3.63) is 82.7 Å². The number of nitrogens with two attached hydrogens (primary N) is 1. The van der Waals surface area contributed by atoms with Gasteiger partial charge in [-0.05, 0) is 49.2 Å². The van der Waals surface area contributed by atoms with Crippen LogP contribution in [0.3, 0.4) is 0 Å². The van der Waals surface area contributed by atoms with Crippen molar-refractivity contribution in [3.8, 4) is 11.5 Å². The molecule has 38 heavy (non-hydrogen) atoms. The van der Waals surface area contributed by atoms with E-state index in [1.165, 1.54) is 55.7 Å². The first-order chi connectivity index (χ1) is 18.2. The second kappa shape index (κ2) is 11.3. The minimum absolute atomic E-state index is 0.0122. The molecular formula is C26H22ClF2N5O4. The van der Waals surface area contributed by atoms with E-state index in [1.54, 1.807) is 0 Å². The van der Waals surface area contributed by atoms with Gasteiger partial charge in [0.15, 0.2) is 17.3 Å². The predicted molar refractivity (Wildman–Crippen MR) is 138 cm³/mol. The van der Waals surface area contributed by atoms with Crippen LogP contribution < -0.4 is 26.0 Å². The van der Waals surface area contributed by atoms with Gasteiger partial charge >= 0.3 is 0 Å². The number of nitrogens with zero attached hydrogens (tertiary/aromatic N) is 2. The minimum Gasteiger partial charge on any atom is -0.453 e. The van der Waals surface area contributed by atoms with Crippen molar-refractivity contribution in [2.24, 2.45) is 5.92 Å². The molecule has 12 heteroatoms. The maximum atomic E-state index is 14.8. The predicted octanol–water partition coefficient (Wildman–Crippen LogP) is 4.40. The van der Waals surface area contributed by atoms with Crippen LogP contribution in [0.15, 0.2) is 66.0 Å². The molecule has 2 aromatic carbocycles. The number of pyridine rings is 1. The van der Waals surface area contributed by atoms with Crippen molar-refractivity contribution in [3.63, 3.8) is 0 Å². The van der Waals surface area contributed by atoms with Crippen molar-refractivity contribution in [1.29, 1.82) is 0 Å². The number of anilines is 3. The number of carbonyl (C=O) groups excluding carboxylic acids is 3. The molecule has 0 aliphatic heterocycles. The molecule has 1 fully saturated rings. The van der Waals surface area contributed by atoms with Crippen LogP contribution in [0.2, 0.25) is 5.02 Å². The Morgan fingerprint density at radius 3 is 2.47 bits per heavy atom. The summed E-state index contributed by atoms with van der Waals surface area (Å²) in [6, 6.07) is 10.1. The number of hydrogen-bond donors (Lipinski definition) is 3. The molecule has 9 nitrogen and oxygen atoms in total. The maximum Gasteiger partial charge on any atom is 0.265 e. The fraction of sp³-hybridized carbons (Fsp3) is 0.154. The summed E-state index contributed by atoms with van der Waals surface area (Å²) in [6.07, 6.45) is 3.07. The second-order valence-electron chi connectivity index (χ2n) is 8.38. The average Bonchev–Trinajstić information content (AvgIpc) is 3.73. The van der Waals surface area contributed by atoms with Crippen molar-refractivity contribution in [2.75, 3.05) is 23.0 Å². The molecule has 1 aliphatic carbocycles. The molecule has 0 atom stereocenters. The fourth-order valence-corrected chi connectivity index (χ4v) is 3.76. The van der Waals surface area contributed by atoms with Crippen LogP contribution in [-0.2, 0) is 14.4 Å². The molecule has 0 radical (unpaired) electrons. The minimum atomic E-state index is -0.863. The molecule has 3 amide bonds. The number of allylic oxidation sites excluding steroid dienone is 1.